The number of hydrogen-bond acceptors (Lipinski definition) is 3. The molecule has 0 spiro atoms. The first-order valence-corrected chi connectivity index (χ1v) is 7.24. The van der Waals surface area contributed by atoms with Crippen molar-refractivity contribution >= 4 is 23.3 Å². The number of H-pyrrole nitrogens is 1. The summed E-state index contributed by atoms with van der Waals surface area (Å²) in [6.07, 6.45) is 0. The van der Waals surface area contributed by atoms with E-state index in [9.17, 15) is 0 Å². The molecule has 3 aromatic rings. The first-order valence-electron chi connectivity index (χ1n) is 6.84. The van der Waals surface area contributed by atoms with Crippen LogP contribution in [0.15, 0.2) is 36.4 Å². The van der Waals surface area contributed by atoms with Gasteiger partial charge in [0.2, 0.25) is 0 Å². The van der Waals surface area contributed by atoms with Crippen molar-refractivity contribution in [3.8, 4) is 17.2 Å². The van der Waals surface area contributed by atoms with Gasteiger partial charge in [0.25, 0.3) is 0 Å². The SMILES string of the molecule is Cc1ccc2[nH]c(=S)n(-c3ccc4c(c3)OCCO4)c2c1. The zero-order chi connectivity index (χ0) is 14.4. The van der Waals surface area contributed by atoms with Crippen LogP contribution in [0.25, 0.3) is 16.7 Å². The van der Waals surface area contributed by atoms with Gasteiger partial charge in [-0.3, -0.25) is 4.57 Å². The Hall–Kier alpha value is -2.27. The minimum absolute atomic E-state index is 0.578. The van der Waals surface area contributed by atoms with Crippen molar-refractivity contribution in [2.24, 2.45) is 0 Å². The van der Waals surface area contributed by atoms with Gasteiger partial charge in [0.15, 0.2) is 16.3 Å². The molecule has 0 saturated carbocycles. The molecule has 1 N–H and O–H groups in total. The van der Waals surface area contributed by atoms with Crippen molar-refractivity contribution in [2.45, 2.75) is 6.92 Å². The number of hydrogen-bond donors (Lipinski definition) is 1. The van der Waals surface area contributed by atoms with Crippen LogP contribution in [0.2, 0.25) is 0 Å². The van der Waals surface area contributed by atoms with Crippen LogP contribution in [0.1, 0.15) is 5.56 Å². The van der Waals surface area contributed by atoms with Gasteiger partial charge in [-0.05, 0) is 49.0 Å². The summed E-state index contributed by atoms with van der Waals surface area (Å²) in [5.74, 6) is 1.55. The maximum atomic E-state index is 5.66. The molecule has 0 saturated heterocycles. The number of aromatic nitrogens is 2. The van der Waals surface area contributed by atoms with Gasteiger partial charge in [-0.2, -0.15) is 0 Å². The Bertz CT molecular complexity index is 895. The zero-order valence-corrected chi connectivity index (χ0v) is 12.4. The highest BCUT2D eigenvalue weighted by molar-refractivity contribution is 7.71. The topological polar surface area (TPSA) is 39.2 Å². The first-order chi connectivity index (χ1) is 10.2. The number of nitrogens with zero attached hydrogens (tertiary/aromatic N) is 1. The molecular formula is C16H14N2O2S. The number of nitrogens with one attached hydrogen (secondary N) is 1. The summed E-state index contributed by atoms with van der Waals surface area (Å²) < 4.78 is 13.9. The molecule has 0 radical (unpaired) electrons. The van der Waals surface area contributed by atoms with Crippen LogP contribution >= 0.6 is 12.2 Å². The second-order valence-corrected chi connectivity index (χ2v) is 5.50. The highest BCUT2D eigenvalue weighted by Crippen LogP contribution is 2.33. The number of aromatic amines is 1. The second kappa shape index (κ2) is 4.63. The van der Waals surface area contributed by atoms with Gasteiger partial charge in [-0.25, -0.2) is 0 Å². The normalized spacial score (nSPS) is 13.6. The van der Waals surface area contributed by atoms with Crippen LogP contribution in [0, 0.1) is 11.7 Å². The Labute approximate surface area is 126 Å². The number of imidazole rings is 1. The maximum absolute atomic E-state index is 5.66. The van der Waals surface area contributed by atoms with Gasteiger partial charge in [-0.1, -0.05) is 6.07 Å². The molecule has 0 atom stereocenters. The highest BCUT2D eigenvalue weighted by Gasteiger charge is 2.14. The maximum Gasteiger partial charge on any atom is 0.182 e. The lowest BCUT2D eigenvalue weighted by atomic mass is 10.2. The van der Waals surface area contributed by atoms with Crippen molar-refractivity contribution in [1.29, 1.82) is 0 Å². The van der Waals surface area contributed by atoms with E-state index in [2.05, 4.69) is 30.1 Å². The molecule has 1 aliphatic rings. The minimum Gasteiger partial charge on any atom is -0.486 e. The Morgan fingerprint density at radius 1 is 1.05 bits per heavy atom. The predicted molar refractivity (Wildman–Crippen MR) is 84.2 cm³/mol. The fraction of sp³-hybridized carbons (Fsp3) is 0.188. The van der Waals surface area contributed by atoms with Crippen LogP contribution in [0.3, 0.4) is 0 Å². The summed E-state index contributed by atoms with van der Waals surface area (Å²) >= 11 is 5.47. The highest BCUT2D eigenvalue weighted by atomic mass is 32.1. The second-order valence-electron chi connectivity index (χ2n) is 5.11. The molecule has 0 fully saturated rings. The van der Waals surface area contributed by atoms with E-state index < -0.39 is 0 Å². The van der Waals surface area contributed by atoms with E-state index in [0.717, 1.165) is 28.2 Å². The molecule has 0 aliphatic carbocycles. The van der Waals surface area contributed by atoms with Gasteiger partial charge in [-0.15, -0.1) is 0 Å². The molecule has 4 rings (SSSR count). The lowest BCUT2D eigenvalue weighted by Gasteiger charge is -2.19. The van der Waals surface area contributed by atoms with E-state index in [0.29, 0.717) is 18.0 Å². The molecule has 2 aromatic carbocycles. The smallest absolute Gasteiger partial charge is 0.182 e. The van der Waals surface area contributed by atoms with Crippen molar-refractivity contribution < 1.29 is 9.47 Å². The number of ether oxygens (including phenoxy) is 2. The van der Waals surface area contributed by atoms with Gasteiger partial charge >= 0.3 is 0 Å². The van der Waals surface area contributed by atoms with E-state index in [1.54, 1.807) is 0 Å². The van der Waals surface area contributed by atoms with Crippen molar-refractivity contribution in [1.82, 2.24) is 9.55 Å². The summed E-state index contributed by atoms with van der Waals surface area (Å²) in [5.41, 5.74) is 4.26. The molecule has 21 heavy (non-hydrogen) atoms. The van der Waals surface area contributed by atoms with E-state index in [1.165, 1.54) is 5.56 Å². The lowest BCUT2D eigenvalue weighted by molar-refractivity contribution is 0.171. The van der Waals surface area contributed by atoms with Gasteiger partial charge in [0, 0.05) is 6.07 Å². The fourth-order valence-electron chi connectivity index (χ4n) is 2.64. The molecule has 4 nitrogen and oxygen atoms in total. The average Bonchev–Trinajstić information content (AvgIpc) is 2.82. The summed E-state index contributed by atoms with van der Waals surface area (Å²) in [6.45, 7) is 3.25. The number of aryl methyl sites for hydroxylation is 1. The standard InChI is InChI=1S/C16H14N2O2S/c1-10-2-4-12-13(8-10)18(16(21)17-12)11-3-5-14-15(9-11)20-7-6-19-14/h2-5,8-9H,6-7H2,1H3,(H,17,21). The lowest BCUT2D eigenvalue weighted by Crippen LogP contribution is -2.15. The summed E-state index contributed by atoms with van der Waals surface area (Å²) in [6, 6.07) is 12.1. The molecule has 0 amide bonds. The van der Waals surface area contributed by atoms with Crippen molar-refractivity contribution in [3.05, 3.63) is 46.7 Å². The van der Waals surface area contributed by atoms with Crippen LogP contribution in [-0.2, 0) is 0 Å². The quantitative estimate of drug-likeness (QED) is 0.695. The zero-order valence-electron chi connectivity index (χ0n) is 11.6. The van der Waals surface area contributed by atoms with Gasteiger partial charge in [0.1, 0.15) is 13.2 Å². The molecule has 0 bridgehead atoms. The summed E-state index contributed by atoms with van der Waals surface area (Å²) in [7, 11) is 0. The van der Waals surface area contributed by atoms with Crippen LogP contribution in [0.5, 0.6) is 11.5 Å². The molecule has 0 unspecified atom stereocenters. The van der Waals surface area contributed by atoms with Crippen molar-refractivity contribution in [2.75, 3.05) is 13.2 Å². The Morgan fingerprint density at radius 2 is 1.86 bits per heavy atom. The molecule has 106 valence electrons. The average molecular weight is 298 g/mol. The molecular weight excluding hydrogens is 284 g/mol. The summed E-state index contributed by atoms with van der Waals surface area (Å²) in [5, 5.41) is 0. The van der Waals surface area contributed by atoms with Crippen LogP contribution in [0.4, 0.5) is 0 Å². The first kappa shape index (κ1) is 12.5. The number of benzene rings is 2. The van der Waals surface area contributed by atoms with E-state index in [4.69, 9.17) is 21.7 Å². The monoisotopic (exact) mass is 298 g/mol. The number of fused-ring (bicyclic) bond motifs is 2. The minimum atomic E-state index is 0.578. The van der Waals surface area contributed by atoms with Crippen LogP contribution < -0.4 is 9.47 Å². The van der Waals surface area contributed by atoms with E-state index >= 15 is 0 Å². The van der Waals surface area contributed by atoms with E-state index in [-0.39, 0.29) is 0 Å². The Morgan fingerprint density at radius 3 is 2.71 bits per heavy atom. The third-order valence-corrected chi connectivity index (χ3v) is 3.91. The Balaban J connectivity index is 1.96. The number of rotatable bonds is 1. The van der Waals surface area contributed by atoms with Crippen molar-refractivity contribution in [3.63, 3.8) is 0 Å². The fourth-order valence-corrected chi connectivity index (χ4v) is 2.95. The molecule has 1 aliphatic heterocycles. The Kier molecular flexibility index (Phi) is 2.75. The summed E-state index contributed by atoms with van der Waals surface area (Å²) in [4.78, 5) is 3.24. The third kappa shape index (κ3) is 2.01. The molecule has 1 aromatic heterocycles. The van der Waals surface area contributed by atoms with Gasteiger partial charge in [0.05, 0.1) is 16.7 Å². The van der Waals surface area contributed by atoms with Crippen LogP contribution in [-0.4, -0.2) is 22.8 Å². The largest absolute Gasteiger partial charge is 0.486 e. The predicted octanol–water partition coefficient (Wildman–Crippen LogP) is 3.77. The van der Waals surface area contributed by atoms with Gasteiger partial charge < -0.3 is 14.5 Å². The molecule has 2 heterocycles. The molecule has 5 heteroatoms. The third-order valence-electron chi connectivity index (χ3n) is 3.62. The van der Waals surface area contributed by atoms with E-state index in [1.807, 2.05) is 22.8 Å².